The van der Waals surface area contributed by atoms with Gasteiger partial charge in [0.15, 0.2) is 0 Å². The maximum absolute atomic E-state index is 11.4. The van der Waals surface area contributed by atoms with Crippen molar-refractivity contribution in [2.24, 2.45) is 5.73 Å². The van der Waals surface area contributed by atoms with Crippen LogP contribution in [-0.4, -0.2) is 29.0 Å². The van der Waals surface area contributed by atoms with Gasteiger partial charge in [0.2, 0.25) is 0 Å². The maximum atomic E-state index is 11.4. The first kappa shape index (κ1) is 10.5. The number of amides is 1. The van der Waals surface area contributed by atoms with E-state index in [2.05, 4.69) is 0 Å². The number of rotatable bonds is 3. The summed E-state index contributed by atoms with van der Waals surface area (Å²) < 4.78 is 0. The molecule has 1 atom stereocenters. The van der Waals surface area contributed by atoms with E-state index in [-0.39, 0.29) is 11.3 Å². The van der Waals surface area contributed by atoms with Crippen molar-refractivity contribution >= 4 is 17.0 Å². The number of nitrogens with zero attached hydrogens (tertiary/aromatic N) is 1. The minimum atomic E-state index is -0.0751. The standard InChI is InChI=1S/C11H14N2OS/c12-10(9-4-2-1-3-5-9)8-13-6-7-15-11(13)14/h1-5,10H,6-8,12H2/t10-/m1/s1. The van der Waals surface area contributed by atoms with Crippen LogP contribution in [0.25, 0.3) is 0 Å². The van der Waals surface area contributed by atoms with Crippen LogP contribution in [0.15, 0.2) is 30.3 Å². The fourth-order valence-corrected chi connectivity index (χ4v) is 2.47. The number of carbonyl (C=O) groups is 1. The Morgan fingerprint density at radius 1 is 1.40 bits per heavy atom. The van der Waals surface area contributed by atoms with Gasteiger partial charge in [0.1, 0.15) is 0 Å². The molecule has 2 N–H and O–H groups in total. The predicted octanol–water partition coefficient (Wildman–Crippen LogP) is 1.86. The van der Waals surface area contributed by atoms with Crippen molar-refractivity contribution in [3.05, 3.63) is 35.9 Å². The first-order valence-electron chi connectivity index (χ1n) is 4.99. The van der Waals surface area contributed by atoms with Crippen LogP contribution < -0.4 is 5.73 Å². The second-order valence-electron chi connectivity index (χ2n) is 3.58. The molecule has 0 spiro atoms. The van der Waals surface area contributed by atoms with Crippen LogP contribution in [0.3, 0.4) is 0 Å². The Kier molecular flexibility index (Phi) is 3.28. The van der Waals surface area contributed by atoms with E-state index in [0.29, 0.717) is 6.54 Å². The van der Waals surface area contributed by atoms with Crippen LogP contribution in [-0.2, 0) is 0 Å². The van der Waals surface area contributed by atoms with Gasteiger partial charge in [-0.2, -0.15) is 0 Å². The Morgan fingerprint density at radius 2 is 2.13 bits per heavy atom. The van der Waals surface area contributed by atoms with Crippen molar-refractivity contribution in [2.75, 3.05) is 18.8 Å². The van der Waals surface area contributed by atoms with E-state index < -0.39 is 0 Å². The molecule has 1 saturated heterocycles. The lowest BCUT2D eigenvalue weighted by Gasteiger charge is -2.20. The van der Waals surface area contributed by atoms with E-state index in [4.69, 9.17) is 5.73 Å². The number of thioether (sulfide) groups is 1. The summed E-state index contributed by atoms with van der Waals surface area (Å²) in [6.45, 7) is 1.44. The van der Waals surface area contributed by atoms with Gasteiger partial charge in [0.25, 0.3) is 5.24 Å². The number of benzene rings is 1. The first-order valence-corrected chi connectivity index (χ1v) is 5.98. The minimum Gasteiger partial charge on any atom is -0.331 e. The van der Waals surface area contributed by atoms with Crippen molar-refractivity contribution in [3.8, 4) is 0 Å². The summed E-state index contributed by atoms with van der Waals surface area (Å²) in [6, 6.07) is 9.82. The van der Waals surface area contributed by atoms with E-state index >= 15 is 0 Å². The van der Waals surface area contributed by atoms with Gasteiger partial charge < -0.3 is 10.6 Å². The summed E-state index contributed by atoms with van der Waals surface area (Å²) in [6.07, 6.45) is 0. The lowest BCUT2D eigenvalue weighted by Crippen LogP contribution is -2.32. The Hall–Kier alpha value is -1.00. The van der Waals surface area contributed by atoms with E-state index in [1.165, 1.54) is 11.8 Å². The van der Waals surface area contributed by atoms with Crippen LogP contribution in [0.2, 0.25) is 0 Å². The molecular formula is C11H14N2OS. The topological polar surface area (TPSA) is 46.3 Å². The van der Waals surface area contributed by atoms with Crippen LogP contribution in [0, 0.1) is 0 Å². The average molecular weight is 222 g/mol. The molecule has 2 rings (SSSR count). The molecular weight excluding hydrogens is 208 g/mol. The number of hydrogen-bond donors (Lipinski definition) is 1. The molecule has 0 unspecified atom stereocenters. The third-order valence-corrected chi connectivity index (χ3v) is 3.38. The summed E-state index contributed by atoms with van der Waals surface area (Å²) in [5.74, 6) is 0.889. The number of hydrogen-bond acceptors (Lipinski definition) is 3. The highest BCUT2D eigenvalue weighted by Crippen LogP contribution is 2.20. The van der Waals surface area contributed by atoms with E-state index in [1.807, 2.05) is 35.2 Å². The quantitative estimate of drug-likeness (QED) is 0.849. The Balaban J connectivity index is 1.98. The molecule has 0 saturated carbocycles. The SMILES string of the molecule is N[C@H](CN1CCSC1=O)c1ccccc1. The monoisotopic (exact) mass is 222 g/mol. The molecule has 0 radical (unpaired) electrons. The van der Waals surface area contributed by atoms with Gasteiger partial charge in [-0.3, -0.25) is 4.79 Å². The molecule has 0 aromatic heterocycles. The second kappa shape index (κ2) is 4.68. The van der Waals surface area contributed by atoms with Gasteiger partial charge in [0.05, 0.1) is 0 Å². The number of nitrogens with two attached hydrogens (primary N) is 1. The van der Waals surface area contributed by atoms with Crippen molar-refractivity contribution < 1.29 is 4.79 Å². The smallest absolute Gasteiger partial charge is 0.281 e. The van der Waals surface area contributed by atoms with Crippen molar-refractivity contribution in [1.82, 2.24) is 4.90 Å². The third-order valence-electron chi connectivity index (χ3n) is 2.49. The van der Waals surface area contributed by atoms with Gasteiger partial charge in [-0.1, -0.05) is 42.1 Å². The summed E-state index contributed by atoms with van der Waals surface area (Å²) in [7, 11) is 0. The third kappa shape index (κ3) is 2.52. The van der Waals surface area contributed by atoms with Crippen molar-refractivity contribution in [2.45, 2.75) is 6.04 Å². The fraction of sp³-hybridized carbons (Fsp3) is 0.364. The predicted molar refractivity (Wildman–Crippen MR) is 62.8 cm³/mol. The zero-order valence-electron chi connectivity index (χ0n) is 8.43. The van der Waals surface area contributed by atoms with Crippen LogP contribution in [0.4, 0.5) is 4.79 Å². The Labute approximate surface area is 93.6 Å². The largest absolute Gasteiger partial charge is 0.331 e. The number of carbonyl (C=O) groups excluding carboxylic acids is 1. The summed E-state index contributed by atoms with van der Waals surface area (Å²) in [5.41, 5.74) is 7.12. The van der Waals surface area contributed by atoms with Crippen LogP contribution in [0.5, 0.6) is 0 Å². The normalized spacial score (nSPS) is 18.2. The molecule has 0 bridgehead atoms. The molecule has 15 heavy (non-hydrogen) atoms. The zero-order chi connectivity index (χ0) is 10.7. The molecule has 4 heteroatoms. The second-order valence-corrected chi connectivity index (χ2v) is 4.62. The molecule has 1 aromatic rings. The van der Waals surface area contributed by atoms with Crippen LogP contribution in [0.1, 0.15) is 11.6 Å². The van der Waals surface area contributed by atoms with Gasteiger partial charge in [-0.15, -0.1) is 0 Å². The van der Waals surface area contributed by atoms with Crippen molar-refractivity contribution in [3.63, 3.8) is 0 Å². The molecule has 80 valence electrons. The lowest BCUT2D eigenvalue weighted by atomic mass is 10.1. The van der Waals surface area contributed by atoms with E-state index in [0.717, 1.165) is 17.9 Å². The summed E-state index contributed by atoms with van der Waals surface area (Å²) in [5, 5.41) is 0.154. The van der Waals surface area contributed by atoms with Gasteiger partial charge >= 0.3 is 0 Å². The van der Waals surface area contributed by atoms with Crippen molar-refractivity contribution in [1.29, 1.82) is 0 Å². The summed E-state index contributed by atoms with van der Waals surface area (Å²) >= 11 is 1.37. The Morgan fingerprint density at radius 3 is 2.73 bits per heavy atom. The highest BCUT2D eigenvalue weighted by Gasteiger charge is 2.23. The molecule has 1 aliphatic rings. The Bertz CT molecular complexity index is 342. The molecule has 0 aliphatic carbocycles. The maximum Gasteiger partial charge on any atom is 0.281 e. The fourth-order valence-electron chi connectivity index (χ4n) is 1.63. The van der Waals surface area contributed by atoms with Crippen LogP contribution >= 0.6 is 11.8 Å². The average Bonchev–Trinajstić information content (AvgIpc) is 2.66. The first-order chi connectivity index (χ1) is 7.27. The molecule has 3 nitrogen and oxygen atoms in total. The van der Waals surface area contributed by atoms with E-state index in [1.54, 1.807) is 0 Å². The molecule has 1 fully saturated rings. The summed E-state index contributed by atoms with van der Waals surface area (Å²) in [4.78, 5) is 13.2. The van der Waals surface area contributed by atoms with Gasteiger partial charge in [-0.25, -0.2) is 0 Å². The molecule has 1 aliphatic heterocycles. The highest BCUT2D eigenvalue weighted by atomic mass is 32.2. The van der Waals surface area contributed by atoms with Gasteiger partial charge in [0, 0.05) is 24.9 Å². The lowest BCUT2D eigenvalue weighted by molar-refractivity contribution is 0.226. The zero-order valence-corrected chi connectivity index (χ0v) is 9.24. The molecule has 1 amide bonds. The molecule has 1 aromatic carbocycles. The van der Waals surface area contributed by atoms with E-state index in [9.17, 15) is 4.79 Å². The van der Waals surface area contributed by atoms with Gasteiger partial charge in [-0.05, 0) is 5.56 Å². The molecule has 1 heterocycles. The highest BCUT2D eigenvalue weighted by molar-refractivity contribution is 8.13. The minimum absolute atomic E-state index is 0.0751.